The minimum absolute atomic E-state index is 0.0663. The summed E-state index contributed by atoms with van der Waals surface area (Å²) in [6.45, 7) is 4.09. The number of nitrogens with zero attached hydrogens (tertiary/aromatic N) is 2. The van der Waals surface area contributed by atoms with Gasteiger partial charge in [-0.25, -0.2) is 4.98 Å². The Balaban J connectivity index is 1.72. The van der Waals surface area contributed by atoms with Crippen molar-refractivity contribution >= 4 is 17.7 Å². The van der Waals surface area contributed by atoms with Gasteiger partial charge in [0.2, 0.25) is 5.91 Å². The fourth-order valence-electron chi connectivity index (χ4n) is 3.56. The van der Waals surface area contributed by atoms with Crippen LogP contribution in [0.25, 0.3) is 0 Å². The van der Waals surface area contributed by atoms with Crippen LogP contribution in [0, 0.1) is 12.3 Å². The summed E-state index contributed by atoms with van der Waals surface area (Å²) >= 11 is 0. The van der Waals surface area contributed by atoms with Crippen molar-refractivity contribution in [3.8, 4) is 0 Å². The molecule has 0 saturated heterocycles. The van der Waals surface area contributed by atoms with Crippen molar-refractivity contribution in [2.75, 3.05) is 39.2 Å². The van der Waals surface area contributed by atoms with E-state index in [0.29, 0.717) is 24.2 Å². The summed E-state index contributed by atoms with van der Waals surface area (Å²) in [5.74, 6) is 1.26. The number of methoxy groups -OCH3 is 1. The summed E-state index contributed by atoms with van der Waals surface area (Å²) in [5, 5.41) is 9.47. The number of pyridine rings is 1. The molecular weight excluding hydrogens is 342 g/mol. The average Bonchev–Trinajstić information content (AvgIpc) is 3.12. The molecule has 1 aromatic rings. The van der Waals surface area contributed by atoms with Crippen molar-refractivity contribution in [1.29, 1.82) is 0 Å². The molecule has 7 nitrogen and oxygen atoms in total. The van der Waals surface area contributed by atoms with Crippen LogP contribution in [0.15, 0.2) is 23.2 Å². The number of nitrogens with one attached hydrogen (secondary N) is 3. The normalized spacial score (nSPS) is 16.2. The molecule has 0 aliphatic heterocycles. The van der Waals surface area contributed by atoms with E-state index in [1.54, 1.807) is 20.2 Å². The zero-order chi connectivity index (χ0) is 19.5. The number of aliphatic imine (C=N–C) groups is 1. The minimum Gasteiger partial charge on any atom is -0.385 e. The van der Waals surface area contributed by atoms with Gasteiger partial charge in [-0.05, 0) is 43.7 Å². The monoisotopic (exact) mass is 375 g/mol. The van der Waals surface area contributed by atoms with Gasteiger partial charge in [0.15, 0.2) is 5.96 Å². The van der Waals surface area contributed by atoms with E-state index < -0.39 is 0 Å². The third-order valence-corrected chi connectivity index (χ3v) is 5.16. The van der Waals surface area contributed by atoms with Gasteiger partial charge in [0.05, 0.1) is 0 Å². The first kappa shape index (κ1) is 21.2. The molecular formula is C20H33N5O2. The van der Waals surface area contributed by atoms with Crippen molar-refractivity contribution in [3.63, 3.8) is 0 Å². The maximum Gasteiger partial charge on any atom is 0.227 e. The molecule has 1 aliphatic carbocycles. The molecule has 0 aromatic carbocycles. The molecule has 1 aliphatic rings. The topological polar surface area (TPSA) is 87.6 Å². The Morgan fingerprint density at radius 3 is 2.74 bits per heavy atom. The number of hydrogen-bond donors (Lipinski definition) is 3. The largest absolute Gasteiger partial charge is 0.385 e. The van der Waals surface area contributed by atoms with Gasteiger partial charge < -0.3 is 20.7 Å². The molecule has 1 heterocycles. The maximum atomic E-state index is 12.1. The Hall–Kier alpha value is -2.15. The smallest absolute Gasteiger partial charge is 0.227 e. The number of hydrogen-bond acceptors (Lipinski definition) is 4. The molecule has 0 radical (unpaired) electrons. The van der Waals surface area contributed by atoms with Gasteiger partial charge in [0.25, 0.3) is 0 Å². The number of amides is 1. The van der Waals surface area contributed by atoms with Gasteiger partial charge >= 0.3 is 0 Å². The van der Waals surface area contributed by atoms with Crippen molar-refractivity contribution in [2.45, 2.75) is 45.4 Å². The molecule has 0 bridgehead atoms. The van der Waals surface area contributed by atoms with E-state index in [1.807, 2.05) is 19.1 Å². The quantitative estimate of drug-likeness (QED) is 0.456. The lowest BCUT2D eigenvalue weighted by Crippen LogP contribution is -2.44. The molecule has 1 aromatic heterocycles. The number of aryl methyl sites for hydroxylation is 1. The first-order valence-electron chi connectivity index (χ1n) is 9.74. The molecule has 0 unspecified atom stereocenters. The highest BCUT2D eigenvalue weighted by molar-refractivity contribution is 5.90. The fraction of sp³-hybridized carbons (Fsp3) is 0.650. The molecule has 3 N–H and O–H groups in total. The molecule has 0 atom stereocenters. The third-order valence-electron chi connectivity index (χ3n) is 5.16. The van der Waals surface area contributed by atoms with Gasteiger partial charge in [0.1, 0.15) is 5.82 Å². The van der Waals surface area contributed by atoms with Crippen LogP contribution < -0.4 is 16.0 Å². The summed E-state index contributed by atoms with van der Waals surface area (Å²) in [6.07, 6.45) is 6.44. The fourth-order valence-corrected chi connectivity index (χ4v) is 3.56. The molecule has 1 amide bonds. The highest BCUT2D eigenvalue weighted by Gasteiger charge is 2.33. The minimum atomic E-state index is -0.0663. The van der Waals surface area contributed by atoms with Crippen LogP contribution in [0.4, 0.5) is 5.82 Å². The van der Waals surface area contributed by atoms with Crippen LogP contribution in [0.5, 0.6) is 0 Å². The highest BCUT2D eigenvalue weighted by atomic mass is 16.5. The summed E-state index contributed by atoms with van der Waals surface area (Å²) in [4.78, 5) is 20.6. The number of carbonyl (C=O) groups is 1. The Morgan fingerprint density at radius 2 is 2.07 bits per heavy atom. The lowest BCUT2D eigenvalue weighted by Gasteiger charge is -2.29. The van der Waals surface area contributed by atoms with Crippen LogP contribution in [-0.4, -0.2) is 50.7 Å². The van der Waals surface area contributed by atoms with Crippen molar-refractivity contribution in [3.05, 3.63) is 23.9 Å². The van der Waals surface area contributed by atoms with Gasteiger partial charge in [-0.2, -0.15) is 0 Å². The lowest BCUT2D eigenvalue weighted by molar-refractivity contribution is -0.116. The summed E-state index contributed by atoms with van der Waals surface area (Å²) in [7, 11) is 3.51. The average molecular weight is 376 g/mol. The Labute approximate surface area is 162 Å². The predicted molar refractivity (Wildman–Crippen MR) is 109 cm³/mol. The van der Waals surface area contributed by atoms with Gasteiger partial charge in [-0.15, -0.1) is 0 Å². The Bertz CT molecular complexity index is 627. The van der Waals surface area contributed by atoms with Gasteiger partial charge in [0, 0.05) is 46.0 Å². The number of anilines is 1. The van der Waals surface area contributed by atoms with E-state index >= 15 is 0 Å². The molecule has 2 rings (SSSR count). The summed E-state index contributed by atoms with van der Waals surface area (Å²) in [6, 6.07) is 5.57. The third kappa shape index (κ3) is 7.17. The zero-order valence-corrected chi connectivity index (χ0v) is 16.8. The Kier molecular flexibility index (Phi) is 8.51. The van der Waals surface area contributed by atoms with Crippen LogP contribution in [-0.2, 0) is 9.53 Å². The van der Waals surface area contributed by atoms with Crippen molar-refractivity contribution in [2.24, 2.45) is 10.4 Å². The van der Waals surface area contributed by atoms with Gasteiger partial charge in [-0.3, -0.25) is 9.79 Å². The van der Waals surface area contributed by atoms with Crippen molar-refractivity contribution < 1.29 is 9.53 Å². The standard InChI is InChI=1S/C20H33N5O2/c1-16-7-6-8-17(24-16)25-18(26)9-13-22-19(21-2)23-15-20(12-14-27-3)10-4-5-11-20/h6-8H,4-5,9-15H2,1-3H3,(H2,21,22,23)(H,24,25,26). The first-order valence-corrected chi connectivity index (χ1v) is 9.74. The second kappa shape index (κ2) is 10.9. The van der Waals surface area contributed by atoms with Crippen LogP contribution >= 0.6 is 0 Å². The molecule has 1 saturated carbocycles. The molecule has 7 heteroatoms. The van der Waals surface area contributed by atoms with E-state index in [-0.39, 0.29) is 5.91 Å². The summed E-state index contributed by atoms with van der Waals surface area (Å²) in [5.41, 5.74) is 1.17. The number of rotatable bonds is 9. The highest BCUT2D eigenvalue weighted by Crippen LogP contribution is 2.40. The van der Waals surface area contributed by atoms with Gasteiger partial charge in [-0.1, -0.05) is 18.9 Å². The first-order chi connectivity index (χ1) is 13.1. The van der Waals surface area contributed by atoms with Crippen LogP contribution in [0.1, 0.15) is 44.2 Å². The molecule has 0 spiro atoms. The van der Waals surface area contributed by atoms with E-state index in [0.717, 1.165) is 31.2 Å². The van der Waals surface area contributed by atoms with Crippen molar-refractivity contribution in [1.82, 2.24) is 15.6 Å². The van der Waals surface area contributed by atoms with Crippen LogP contribution in [0.3, 0.4) is 0 Å². The van der Waals surface area contributed by atoms with E-state index in [9.17, 15) is 4.79 Å². The van der Waals surface area contributed by atoms with Crippen LogP contribution in [0.2, 0.25) is 0 Å². The van der Waals surface area contributed by atoms with E-state index in [4.69, 9.17) is 4.74 Å². The maximum absolute atomic E-state index is 12.1. The lowest BCUT2D eigenvalue weighted by atomic mass is 9.83. The summed E-state index contributed by atoms with van der Waals surface area (Å²) < 4.78 is 5.29. The number of aromatic nitrogens is 1. The molecule has 1 fully saturated rings. The second-order valence-electron chi connectivity index (χ2n) is 7.26. The molecule has 27 heavy (non-hydrogen) atoms. The number of guanidine groups is 1. The molecule has 150 valence electrons. The SMILES string of the molecule is CN=C(NCCC(=O)Nc1cccc(C)n1)NCC1(CCOC)CCCC1. The van der Waals surface area contributed by atoms with E-state index in [2.05, 4.69) is 25.9 Å². The zero-order valence-electron chi connectivity index (χ0n) is 16.8. The predicted octanol–water partition coefficient (Wildman–Crippen LogP) is 2.48. The van der Waals surface area contributed by atoms with E-state index in [1.165, 1.54) is 25.7 Å². The number of carbonyl (C=O) groups excluding carboxylic acids is 1. The Morgan fingerprint density at radius 1 is 1.30 bits per heavy atom. The number of ether oxygens (including phenoxy) is 1. The second-order valence-corrected chi connectivity index (χ2v) is 7.26.